The van der Waals surface area contributed by atoms with Crippen LogP contribution < -0.4 is 0 Å². The first-order chi connectivity index (χ1) is 7.16. The third kappa shape index (κ3) is 2.49. The van der Waals surface area contributed by atoms with E-state index in [1.807, 2.05) is 0 Å². The molecule has 0 aliphatic heterocycles. The summed E-state index contributed by atoms with van der Waals surface area (Å²) in [6.07, 6.45) is -5.90. The van der Waals surface area contributed by atoms with Gasteiger partial charge < -0.3 is 0 Å². The quantitative estimate of drug-likeness (QED) is 0.580. The zero-order valence-corrected chi connectivity index (χ0v) is 11.1. The Morgan fingerprint density at radius 1 is 1.12 bits per heavy atom. The van der Waals surface area contributed by atoms with Crippen molar-refractivity contribution in [3.05, 3.63) is 15.0 Å². The normalized spacial score (nSPS) is 12.9. The predicted molar refractivity (Wildman–Crippen MR) is 59.9 cm³/mol. The van der Waals surface area contributed by atoms with Gasteiger partial charge in [-0.25, -0.2) is 17.6 Å². The second-order valence-corrected chi connectivity index (χ2v) is 5.30. The zero-order valence-electron chi connectivity index (χ0n) is 8.94. The lowest BCUT2D eigenvalue weighted by Gasteiger charge is -2.22. The van der Waals surface area contributed by atoms with E-state index in [1.54, 1.807) is 43.4 Å². The number of halogens is 5. The molecule has 0 aromatic carbocycles. The minimum absolute atomic E-state index is 0.0715. The molecule has 1 aromatic rings. The minimum atomic E-state index is -2.96. The molecule has 1 rings (SSSR count). The lowest BCUT2D eigenvalue weighted by molar-refractivity contribution is 0.111. The highest BCUT2D eigenvalue weighted by Gasteiger charge is 2.33. The first kappa shape index (κ1) is 13.7. The summed E-state index contributed by atoms with van der Waals surface area (Å²) >= 11 is 1.55. The molecule has 92 valence electrons. The van der Waals surface area contributed by atoms with Crippen LogP contribution in [-0.4, -0.2) is 9.78 Å². The van der Waals surface area contributed by atoms with Gasteiger partial charge in [0, 0.05) is 0 Å². The number of aromatic nitrogens is 2. The van der Waals surface area contributed by atoms with Crippen LogP contribution in [0.15, 0.2) is 0 Å². The number of rotatable bonds is 2. The van der Waals surface area contributed by atoms with Crippen LogP contribution in [-0.2, 0) is 5.54 Å². The first-order valence-electron chi connectivity index (χ1n) is 4.51. The van der Waals surface area contributed by atoms with Crippen LogP contribution in [0.5, 0.6) is 0 Å². The largest absolute Gasteiger partial charge is 0.280 e. The molecule has 16 heavy (non-hydrogen) atoms. The maximum Gasteiger partial charge on any atom is 0.280 e. The van der Waals surface area contributed by atoms with Crippen LogP contribution >= 0.6 is 22.6 Å². The molecule has 1 heterocycles. The number of alkyl halides is 4. The summed E-state index contributed by atoms with van der Waals surface area (Å²) in [5.74, 6) is 0. The Balaban J connectivity index is 3.48. The molecular weight excluding hydrogens is 339 g/mol. The molecule has 0 amide bonds. The van der Waals surface area contributed by atoms with E-state index in [-0.39, 0.29) is 3.70 Å². The number of hydrogen-bond acceptors (Lipinski definition) is 1. The van der Waals surface area contributed by atoms with Crippen molar-refractivity contribution in [1.82, 2.24) is 9.78 Å². The van der Waals surface area contributed by atoms with E-state index in [0.717, 1.165) is 4.68 Å². The van der Waals surface area contributed by atoms with Crippen molar-refractivity contribution in [3.8, 4) is 0 Å². The molecule has 0 N–H and O–H groups in total. The molecular formula is C9H11F4IN2. The van der Waals surface area contributed by atoms with Gasteiger partial charge in [0.25, 0.3) is 12.9 Å². The summed E-state index contributed by atoms with van der Waals surface area (Å²) in [7, 11) is 0. The van der Waals surface area contributed by atoms with Crippen LogP contribution in [0.25, 0.3) is 0 Å². The average Bonchev–Trinajstić information content (AvgIpc) is 2.41. The molecule has 0 aliphatic carbocycles. The van der Waals surface area contributed by atoms with Crippen molar-refractivity contribution in [1.29, 1.82) is 0 Å². The van der Waals surface area contributed by atoms with Gasteiger partial charge in [0.05, 0.1) is 11.1 Å². The Kier molecular flexibility index (Phi) is 3.86. The van der Waals surface area contributed by atoms with Crippen molar-refractivity contribution in [2.75, 3.05) is 0 Å². The molecule has 0 unspecified atom stereocenters. The van der Waals surface area contributed by atoms with Crippen molar-refractivity contribution >= 4 is 22.6 Å². The van der Waals surface area contributed by atoms with Crippen molar-refractivity contribution in [3.63, 3.8) is 0 Å². The SMILES string of the molecule is CC(C)(C)n1nc(I)c(C(F)F)c1C(F)F. The molecule has 0 saturated carbocycles. The molecule has 0 saturated heterocycles. The summed E-state index contributed by atoms with van der Waals surface area (Å²) in [6, 6.07) is 0. The fourth-order valence-corrected chi connectivity index (χ4v) is 2.07. The van der Waals surface area contributed by atoms with E-state index in [1.165, 1.54) is 0 Å². The monoisotopic (exact) mass is 350 g/mol. The Bertz CT molecular complexity index is 382. The molecule has 7 heteroatoms. The molecule has 1 aromatic heterocycles. The van der Waals surface area contributed by atoms with E-state index < -0.39 is 29.6 Å². The summed E-state index contributed by atoms with van der Waals surface area (Å²) in [5.41, 5.74) is -2.10. The van der Waals surface area contributed by atoms with Gasteiger partial charge >= 0.3 is 0 Å². The van der Waals surface area contributed by atoms with E-state index in [0.29, 0.717) is 0 Å². The highest BCUT2D eigenvalue weighted by molar-refractivity contribution is 14.1. The number of nitrogens with zero attached hydrogens (tertiary/aromatic N) is 2. The van der Waals surface area contributed by atoms with Crippen LogP contribution in [0.3, 0.4) is 0 Å². The third-order valence-corrected chi connectivity index (χ3v) is 2.77. The van der Waals surface area contributed by atoms with Gasteiger partial charge in [-0.2, -0.15) is 5.10 Å². The highest BCUT2D eigenvalue weighted by Crippen LogP contribution is 2.36. The topological polar surface area (TPSA) is 17.8 Å². The van der Waals surface area contributed by atoms with Gasteiger partial charge in [0.15, 0.2) is 0 Å². The summed E-state index contributed by atoms with van der Waals surface area (Å²) in [6.45, 7) is 4.91. The maximum absolute atomic E-state index is 12.8. The summed E-state index contributed by atoms with van der Waals surface area (Å²) in [4.78, 5) is 0. The van der Waals surface area contributed by atoms with E-state index >= 15 is 0 Å². The fourth-order valence-electron chi connectivity index (χ4n) is 1.34. The van der Waals surface area contributed by atoms with E-state index in [4.69, 9.17) is 0 Å². The Labute approximate surface area is 104 Å². The molecule has 0 bridgehead atoms. The molecule has 0 atom stereocenters. The van der Waals surface area contributed by atoms with E-state index in [2.05, 4.69) is 5.10 Å². The van der Waals surface area contributed by atoms with Crippen molar-refractivity contribution in [2.45, 2.75) is 39.2 Å². The molecule has 0 aliphatic rings. The maximum atomic E-state index is 12.8. The Morgan fingerprint density at radius 3 is 1.94 bits per heavy atom. The molecule has 2 nitrogen and oxygen atoms in total. The van der Waals surface area contributed by atoms with Gasteiger partial charge in [-0.05, 0) is 43.4 Å². The Morgan fingerprint density at radius 2 is 1.62 bits per heavy atom. The van der Waals surface area contributed by atoms with E-state index in [9.17, 15) is 17.6 Å². The van der Waals surface area contributed by atoms with Crippen LogP contribution in [0.1, 0.15) is 44.9 Å². The molecule has 0 radical (unpaired) electrons. The van der Waals surface area contributed by atoms with Gasteiger partial charge in [0.2, 0.25) is 0 Å². The summed E-state index contributed by atoms with van der Waals surface area (Å²) < 4.78 is 51.8. The third-order valence-electron chi connectivity index (χ3n) is 1.97. The van der Waals surface area contributed by atoms with Gasteiger partial charge in [0.1, 0.15) is 9.39 Å². The second-order valence-electron chi connectivity index (χ2n) is 4.27. The lowest BCUT2D eigenvalue weighted by Crippen LogP contribution is -2.26. The van der Waals surface area contributed by atoms with Gasteiger partial charge in [-0.15, -0.1) is 0 Å². The lowest BCUT2D eigenvalue weighted by atomic mass is 10.1. The van der Waals surface area contributed by atoms with Crippen molar-refractivity contribution in [2.24, 2.45) is 0 Å². The summed E-state index contributed by atoms with van der Waals surface area (Å²) in [5, 5.41) is 3.77. The van der Waals surface area contributed by atoms with Gasteiger partial charge in [-0.3, -0.25) is 4.68 Å². The second kappa shape index (κ2) is 4.50. The Hall–Kier alpha value is -0.340. The van der Waals surface area contributed by atoms with Crippen LogP contribution in [0, 0.1) is 3.70 Å². The minimum Gasteiger partial charge on any atom is -0.257 e. The standard InChI is InChI=1S/C9H11F4IN2/c1-9(2,3)16-5(7(12)13)4(6(10)11)8(14)15-16/h6-7H,1-3H3. The van der Waals surface area contributed by atoms with Crippen molar-refractivity contribution < 1.29 is 17.6 Å². The highest BCUT2D eigenvalue weighted by atomic mass is 127. The fraction of sp³-hybridized carbons (Fsp3) is 0.667. The van der Waals surface area contributed by atoms with Crippen LogP contribution in [0.4, 0.5) is 17.6 Å². The van der Waals surface area contributed by atoms with Gasteiger partial charge in [-0.1, -0.05) is 0 Å². The van der Waals surface area contributed by atoms with Crippen LogP contribution in [0.2, 0.25) is 0 Å². The predicted octanol–water partition coefficient (Wildman–Crippen LogP) is 4.12. The zero-order chi connectivity index (χ0) is 12.7. The molecule has 0 fully saturated rings. The smallest absolute Gasteiger partial charge is 0.257 e. The molecule has 0 spiro atoms. The first-order valence-corrected chi connectivity index (χ1v) is 5.59. The number of hydrogen-bond donors (Lipinski definition) is 0. The average molecular weight is 350 g/mol.